The Morgan fingerprint density at radius 2 is 1.42 bits per heavy atom. The topological polar surface area (TPSA) is 37.3 Å². The lowest BCUT2D eigenvalue weighted by molar-refractivity contribution is -0.108. The van der Waals surface area contributed by atoms with Crippen LogP contribution in [0.1, 0.15) is 6.92 Å². The summed E-state index contributed by atoms with van der Waals surface area (Å²) in [6.45, 7) is 1.39. The monoisotopic (exact) mass is 264 g/mol. The van der Waals surface area contributed by atoms with Crippen molar-refractivity contribution in [3.05, 3.63) is 0 Å². The van der Waals surface area contributed by atoms with Crippen molar-refractivity contribution < 1.29 is 9.90 Å². The number of thiocarbonyl (C=S) groups is 1. The number of aliphatic hydroxyl groups excluding tert-OH is 1. The fourth-order valence-corrected chi connectivity index (χ4v) is 0. The third-order valence-electron chi connectivity index (χ3n) is 0.167. The second-order valence-corrected chi connectivity index (χ2v) is 5.54. The molecule has 0 bridgehead atoms. The summed E-state index contributed by atoms with van der Waals surface area (Å²) in [5, 5.41) is 7.51. The summed E-state index contributed by atoms with van der Waals surface area (Å²) in [5.41, 5.74) is 0. The number of aliphatic hydroxyl groups is 1. The van der Waals surface area contributed by atoms with Crippen LogP contribution in [0.15, 0.2) is 0 Å². The molecule has 0 radical (unpaired) electrons. The molecule has 2 nitrogen and oxygen atoms in total. The Morgan fingerprint density at radius 1 is 1.33 bits per heavy atom. The minimum Gasteiger partial charge on any atom is -0.494 e. The smallest absolute Gasteiger partial charge is 0.214 e. The van der Waals surface area contributed by atoms with Crippen LogP contribution in [0.2, 0.25) is 0 Å². The molecule has 0 rings (SSSR count). The Hall–Kier alpha value is 0.960. The van der Waals surface area contributed by atoms with Gasteiger partial charge >= 0.3 is 0 Å². The summed E-state index contributed by atoms with van der Waals surface area (Å²) in [4.78, 5) is 9.31. The van der Waals surface area contributed by atoms with Gasteiger partial charge in [-0.05, 0) is 24.7 Å². The Kier molecular flexibility index (Phi) is 27.9. The van der Waals surface area contributed by atoms with Crippen LogP contribution in [-0.2, 0) is 4.79 Å². The standard InChI is InChI=1S/C2H4OS.C2H6S2.CH2OS2/c1-2(3)4;1-3-4-2;2-1(3)4/h1H3,(H,3,4);1-2H3;(H2,2,3,4). The molecule has 74 valence electrons. The molecule has 0 atom stereocenters. The molecule has 0 saturated carbocycles. The Balaban J connectivity index is -0.000000101. The van der Waals surface area contributed by atoms with Crippen molar-refractivity contribution in [2.75, 3.05) is 12.5 Å². The highest BCUT2D eigenvalue weighted by Crippen LogP contribution is 2.09. The van der Waals surface area contributed by atoms with Crippen molar-refractivity contribution in [1.29, 1.82) is 0 Å². The summed E-state index contributed by atoms with van der Waals surface area (Å²) in [6, 6.07) is 0. The van der Waals surface area contributed by atoms with E-state index in [1.807, 2.05) is 0 Å². The van der Waals surface area contributed by atoms with Crippen LogP contribution in [0.5, 0.6) is 0 Å². The van der Waals surface area contributed by atoms with Gasteiger partial charge in [-0.2, -0.15) is 0 Å². The van der Waals surface area contributed by atoms with Crippen LogP contribution in [0, 0.1) is 0 Å². The van der Waals surface area contributed by atoms with E-state index in [2.05, 4.69) is 50.0 Å². The summed E-state index contributed by atoms with van der Waals surface area (Å²) in [6.07, 6.45) is 4.12. The van der Waals surface area contributed by atoms with Gasteiger partial charge < -0.3 is 5.11 Å². The maximum atomic E-state index is 9.31. The second kappa shape index (κ2) is 17.9. The highest BCUT2D eigenvalue weighted by Gasteiger charge is 1.63. The lowest BCUT2D eigenvalue weighted by Crippen LogP contribution is -1.66. The van der Waals surface area contributed by atoms with Crippen molar-refractivity contribution in [2.24, 2.45) is 0 Å². The predicted molar refractivity (Wildman–Crippen MR) is 70.9 cm³/mol. The number of rotatable bonds is 1. The van der Waals surface area contributed by atoms with E-state index >= 15 is 0 Å². The largest absolute Gasteiger partial charge is 0.494 e. The minimum absolute atomic E-state index is 0.139. The highest BCUT2D eigenvalue weighted by molar-refractivity contribution is 8.76. The Bertz CT molecular complexity index is 94.4. The zero-order chi connectivity index (χ0) is 10.6. The maximum absolute atomic E-state index is 9.31. The molecule has 0 aromatic rings. The summed E-state index contributed by atoms with van der Waals surface area (Å²) < 4.78 is -0.306. The van der Waals surface area contributed by atoms with Gasteiger partial charge in [0.05, 0.1) is 0 Å². The fourth-order valence-electron chi connectivity index (χ4n) is 0. The van der Waals surface area contributed by atoms with Crippen LogP contribution < -0.4 is 0 Å². The van der Waals surface area contributed by atoms with Crippen LogP contribution in [0.25, 0.3) is 0 Å². The summed E-state index contributed by atoms with van der Waals surface area (Å²) in [5.74, 6) is 0. The van der Waals surface area contributed by atoms with Crippen molar-refractivity contribution in [1.82, 2.24) is 0 Å². The van der Waals surface area contributed by atoms with Crippen LogP contribution >= 0.6 is 59.1 Å². The zero-order valence-corrected chi connectivity index (χ0v) is 11.2. The number of hydrogen-bond donors (Lipinski definition) is 3. The van der Waals surface area contributed by atoms with E-state index in [1.54, 1.807) is 21.6 Å². The Labute approximate surface area is 97.5 Å². The van der Waals surface area contributed by atoms with Crippen molar-refractivity contribution in [2.45, 2.75) is 6.92 Å². The number of carbonyl (C=O) groups excluding carboxylic acids is 1. The Morgan fingerprint density at radius 3 is 1.42 bits per heavy atom. The van der Waals surface area contributed by atoms with Crippen molar-refractivity contribution >= 4 is 68.6 Å². The molecule has 0 amide bonds. The highest BCUT2D eigenvalue weighted by atomic mass is 33.1. The molecule has 12 heavy (non-hydrogen) atoms. The summed E-state index contributed by atoms with van der Waals surface area (Å²) in [7, 11) is 3.55. The molecule has 0 heterocycles. The molecule has 0 aromatic heterocycles. The average molecular weight is 264 g/mol. The molecule has 0 fully saturated rings. The molecule has 0 saturated heterocycles. The van der Waals surface area contributed by atoms with Gasteiger partial charge in [-0.3, -0.25) is 4.79 Å². The number of carbonyl (C=O) groups is 1. The van der Waals surface area contributed by atoms with Gasteiger partial charge in [-0.1, -0.05) is 34.2 Å². The molecular weight excluding hydrogens is 252 g/mol. The minimum atomic E-state index is -0.306. The molecule has 0 aliphatic rings. The van der Waals surface area contributed by atoms with E-state index in [0.29, 0.717) is 0 Å². The van der Waals surface area contributed by atoms with Gasteiger partial charge in [-0.25, -0.2) is 0 Å². The molecule has 7 heteroatoms. The second-order valence-electron chi connectivity index (χ2n) is 1.13. The zero-order valence-electron chi connectivity index (χ0n) is 6.97. The normalized spacial score (nSPS) is 6.75. The van der Waals surface area contributed by atoms with Gasteiger partial charge in [0.1, 0.15) is 0 Å². The summed E-state index contributed by atoms with van der Waals surface area (Å²) >= 11 is 10.5. The van der Waals surface area contributed by atoms with E-state index < -0.39 is 0 Å². The maximum Gasteiger partial charge on any atom is 0.214 e. The number of thiol groups is 2. The van der Waals surface area contributed by atoms with E-state index in [9.17, 15) is 4.79 Å². The molecule has 0 aliphatic heterocycles. The van der Waals surface area contributed by atoms with Gasteiger partial charge in [0.15, 0.2) is 5.12 Å². The third kappa shape index (κ3) is 283. The molecular formula is C5H12O2S5. The van der Waals surface area contributed by atoms with Gasteiger partial charge in [-0.15, -0.1) is 12.6 Å². The third-order valence-corrected chi connectivity index (χ3v) is 1.50. The van der Waals surface area contributed by atoms with E-state index in [4.69, 9.17) is 5.11 Å². The van der Waals surface area contributed by atoms with E-state index in [0.717, 1.165) is 0 Å². The molecule has 0 unspecified atom stereocenters. The lowest BCUT2D eigenvalue weighted by atomic mass is 10.9. The quantitative estimate of drug-likeness (QED) is 0.386. The van der Waals surface area contributed by atoms with Crippen LogP contribution in [-0.4, -0.2) is 27.1 Å². The first-order valence-electron chi connectivity index (χ1n) is 2.56. The van der Waals surface area contributed by atoms with Gasteiger partial charge in [0.25, 0.3) is 0 Å². The lowest BCUT2D eigenvalue weighted by Gasteiger charge is -1.69. The van der Waals surface area contributed by atoms with Crippen molar-refractivity contribution in [3.8, 4) is 0 Å². The first kappa shape index (κ1) is 18.7. The predicted octanol–water partition coefficient (Wildman–Crippen LogP) is 2.85. The van der Waals surface area contributed by atoms with Crippen LogP contribution in [0.4, 0.5) is 0 Å². The molecule has 1 N–H and O–H groups in total. The first-order chi connectivity index (χ1) is 5.38. The van der Waals surface area contributed by atoms with E-state index in [-0.39, 0.29) is 9.50 Å². The van der Waals surface area contributed by atoms with E-state index in [1.165, 1.54) is 6.92 Å². The number of hydrogen-bond acceptors (Lipinski definition) is 4. The molecule has 0 spiro atoms. The van der Waals surface area contributed by atoms with Gasteiger partial charge in [0, 0.05) is 6.92 Å². The fraction of sp³-hybridized carbons (Fsp3) is 0.600. The SMILES string of the molecule is CC(=O)S.CSSC.OC(=S)S. The van der Waals surface area contributed by atoms with Gasteiger partial charge in [0.2, 0.25) is 4.38 Å². The van der Waals surface area contributed by atoms with Crippen molar-refractivity contribution in [3.63, 3.8) is 0 Å². The first-order valence-corrected chi connectivity index (χ1v) is 6.83. The van der Waals surface area contributed by atoms with Crippen LogP contribution in [0.3, 0.4) is 0 Å². The molecule has 0 aromatic carbocycles. The molecule has 0 aliphatic carbocycles. The average Bonchev–Trinajstić information content (AvgIpc) is 1.85.